The topological polar surface area (TPSA) is 54.5 Å². The molecule has 0 unspecified atom stereocenters. The molecule has 4 heteroatoms. The van der Waals surface area contributed by atoms with E-state index in [2.05, 4.69) is 0 Å². The van der Waals surface area contributed by atoms with Crippen LogP contribution in [0.2, 0.25) is 0 Å². The molecule has 0 aliphatic rings. The van der Waals surface area contributed by atoms with E-state index in [9.17, 15) is 14.4 Å². The van der Waals surface area contributed by atoms with Gasteiger partial charge in [-0.05, 0) is 50.2 Å². The molecule has 0 radical (unpaired) electrons. The number of imide groups is 3. The van der Waals surface area contributed by atoms with Gasteiger partial charge < -0.3 is 0 Å². The number of nitrogens with zero attached hydrogens (tertiary/aromatic N) is 1. The lowest BCUT2D eigenvalue weighted by Crippen LogP contribution is -2.42. The molecule has 0 atom stereocenters. The van der Waals surface area contributed by atoms with Crippen molar-refractivity contribution in [2.45, 2.75) is 13.8 Å². The quantitative estimate of drug-likeness (QED) is 0.652. The van der Waals surface area contributed by atoms with Crippen LogP contribution in [0.3, 0.4) is 0 Å². The van der Waals surface area contributed by atoms with Crippen LogP contribution < -0.4 is 0 Å². The van der Waals surface area contributed by atoms with Gasteiger partial charge in [-0.15, -0.1) is 0 Å². The summed E-state index contributed by atoms with van der Waals surface area (Å²) in [5.41, 5.74) is 2.81. The fourth-order valence-corrected chi connectivity index (χ4v) is 2.64. The van der Waals surface area contributed by atoms with Crippen molar-refractivity contribution in [1.82, 2.24) is 4.90 Å². The third-order valence-corrected chi connectivity index (χ3v) is 4.23. The van der Waals surface area contributed by atoms with Gasteiger partial charge in [0.05, 0.1) is 0 Å². The van der Waals surface area contributed by atoms with Gasteiger partial charge in [-0.2, -0.15) is 0 Å². The zero-order valence-electron chi connectivity index (χ0n) is 15.2. The first-order chi connectivity index (χ1) is 13.0. The Kier molecular flexibility index (Phi) is 5.27. The molecule has 134 valence electrons. The van der Waals surface area contributed by atoms with Gasteiger partial charge in [0.2, 0.25) is 0 Å². The molecular weight excluding hydrogens is 338 g/mol. The molecule has 0 saturated heterocycles. The minimum atomic E-state index is -0.647. The monoisotopic (exact) mass is 357 g/mol. The molecule has 0 aliphatic heterocycles. The molecule has 4 nitrogen and oxygen atoms in total. The van der Waals surface area contributed by atoms with Gasteiger partial charge in [0.25, 0.3) is 17.7 Å². The summed E-state index contributed by atoms with van der Waals surface area (Å²) in [4.78, 5) is 39.8. The van der Waals surface area contributed by atoms with Gasteiger partial charge in [-0.1, -0.05) is 53.6 Å². The molecular formula is C23H19NO3. The van der Waals surface area contributed by atoms with Crippen molar-refractivity contribution in [1.29, 1.82) is 0 Å². The van der Waals surface area contributed by atoms with Crippen molar-refractivity contribution in [3.8, 4) is 0 Å². The van der Waals surface area contributed by atoms with E-state index in [1.165, 1.54) is 0 Å². The highest BCUT2D eigenvalue weighted by atomic mass is 16.2. The number of hydrogen-bond acceptors (Lipinski definition) is 3. The van der Waals surface area contributed by atoms with Gasteiger partial charge in [-0.3, -0.25) is 14.4 Å². The number of aryl methyl sites for hydroxylation is 2. The van der Waals surface area contributed by atoms with E-state index in [0.717, 1.165) is 11.1 Å². The Morgan fingerprint density at radius 2 is 0.852 bits per heavy atom. The Morgan fingerprint density at radius 3 is 1.22 bits per heavy atom. The van der Waals surface area contributed by atoms with Crippen LogP contribution in [0.1, 0.15) is 42.2 Å². The molecule has 0 saturated carbocycles. The van der Waals surface area contributed by atoms with E-state index in [4.69, 9.17) is 0 Å². The number of benzene rings is 3. The normalized spacial score (nSPS) is 10.3. The van der Waals surface area contributed by atoms with Crippen LogP contribution >= 0.6 is 0 Å². The third-order valence-electron chi connectivity index (χ3n) is 4.23. The van der Waals surface area contributed by atoms with E-state index < -0.39 is 17.7 Å². The second-order valence-corrected chi connectivity index (χ2v) is 6.35. The zero-order chi connectivity index (χ0) is 19.4. The van der Waals surface area contributed by atoms with Crippen LogP contribution in [-0.2, 0) is 0 Å². The first kappa shape index (κ1) is 18.3. The summed E-state index contributed by atoms with van der Waals surface area (Å²) in [7, 11) is 0. The molecule has 0 N–H and O–H groups in total. The molecule has 0 fully saturated rings. The number of carbonyl (C=O) groups excluding carboxylic acids is 3. The minimum Gasteiger partial charge on any atom is -0.268 e. The predicted octanol–water partition coefficient (Wildman–Crippen LogP) is 4.43. The average Bonchev–Trinajstić information content (AvgIpc) is 2.69. The lowest BCUT2D eigenvalue weighted by atomic mass is 10.1. The van der Waals surface area contributed by atoms with Gasteiger partial charge in [0, 0.05) is 16.7 Å². The van der Waals surface area contributed by atoms with E-state index in [0.29, 0.717) is 4.90 Å². The molecule has 0 bridgehead atoms. The molecule has 0 aromatic heterocycles. The molecule has 3 aromatic rings. The van der Waals surface area contributed by atoms with Crippen LogP contribution in [-0.4, -0.2) is 22.6 Å². The standard InChI is InChI=1S/C23H19NO3/c1-16-8-12-19(13-9-16)22(26)24(21(25)18-6-4-3-5-7-18)23(27)20-14-10-17(2)11-15-20/h3-15H,1-2H3. The highest BCUT2D eigenvalue weighted by Gasteiger charge is 2.31. The molecule has 0 aliphatic carbocycles. The molecule has 3 rings (SSSR count). The first-order valence-electron chi connectivity index (χ1n) is 8.59. The van der Waals surface area contributed by atoms with E-state index in [1.807, 2.05) is 13.8 Å². The molecule has 3 amide bonds. The average molecular weight is 357 g/mol. The van der Waals surface area contributed by atoms with Crippen molar-refractivity contribution < 1.29 is 14.4 Å². The Balaban J connectivity index is 2.04. The van der Waals surface area contributed by atoms with Gasteiger partial charge in [-0.25, -0.2) is 4.90 Å². The Morgan fingerprint density at radius 1 is 0.519 bits per heavy atom. The van der Waals surface area contributed by atoms with Crippen LogP contribution in [0, 0.1) is 13.8 Å². The second kappa shape index (κ2) is 7.79. The lowest BCUT2D eigenvalue weighted by Gasteiger charge is -2.19. The zero-order valence-corrected chi connectivity index (χ0v) is 15.2. The summed E-state index contributed by atoms with van der Waals surface area (Å²) in [6.07, 6.45) is 0. The predicted molar refractivity (Wildman–Crippen MR) is 104 cm³/mol. The highest BCUT2D eigenvalue weighted by molar-refractivity contribution is 6.23. The second-order valence-electron chi connectivity index (χ2n) is 6.35. The van der Waals surface area contributed by atoms with Crippen LogP contribution in [0.5, 0.6) is 0 Å². The van der Waals surface area contributed by atoms with Crippen molar-refractivity contribution in [2.75, 3.05) is 0 Å². The smallest absolute Gasteiger partial charge is 0.267 e. The summed E-state index contributed by atoms with van der Waals surface area (Å²) in [5, 5.41) is 0. The first-order valence-corrected chi connectivity index (χ1v) is 8.59. The Bertz CT molecular complexity index is 917. The molecule has 3 aromatic carbocycles. The fourth-order valence-electron chi connectivity index (χ4n) is 2.64. The van der Waals surface area contributed by atoms with E-state index in [1.54, 1.807) is 78.9 Å². The van der Waals surface area contributed by atoms with Crippen molar-refractivity contribution >= 4 is 17.7 Å². The van der Waals surface area contributed by atoms with Gasteiger partial charge in [0.1, 0.15) is 0 Å². The maximum Gasteiger partial charge on any atom is 0.267 e. The largest absolute Gasteiger partial charge is 0.268 e. The number of hydrogen-bond donors (Lipinski definition) is 0. The Hall–Kier alpha value is -3.53. The molecule has 27 heavy (non-hydrogen) atoms. The maximum atomic E-state index is 13.0. The van der Waals surface area contributed by atoms with Crippen LogP contribution in [0.25, 0.3) is 0 Å². The number of rotatable bonds is 3. The van der Waals surface area contributed by atoms with Crippen LogP contribution in [0.15, 0.2) is 78.9 Å². The minimum absolute atomic E-state index is 0.276. The van der Waals surface area contributed by atoms with Gasteiger partial charge >= 0.3 is 0 Å². The maximum absolute atomic E-state index is 13.0. The number of carbonyl (C=O) groups is 3. The summed E-state index contributed by atoms with van der Waals surface area (Å²) in [5.74, 6) is -1.93. The SMILES string of the molecule is Cc1ccc(C(=O)N(C(=O)c2ccccc2)C(=O)c2ccc(C)cc2)cc1. The van der Waals surface area contributed by atoms with Gasteiger partial charge in [0.15, 0.2) is 0 Å². The summed E-state index contributed by atoms with van der Waals surface area (Å²) in [6.45, 7) is 3.80. The van der Waals surface area contributed by atoms with Crippen LogP contribution in [0.4, 0.5) is 0 Å². The summed E-state index contributed by atoms with van der Waals surface area (Å²) in [6, 6.07) is 21.9. The van der Waals surface area contributed by atoms with E-state index >= 15 is 0 Å². The Labute approximate surface area is 158 Å². The fraction of sp³-hybridized carbons (Fsp3) is 0.0870. The van der Waals surface area contributed by atoms with E-state index in [-0.39, 0.29) is 16.7 Å². The van der Waals surface area contributed by atoms with Crippen molar-refractivity contribution in [3.63, 3.8) is 0 Å². The van der Waals surface area contributed by atoms with Crippen molar-refractivity contribution in [2.24, 2.45) is 0 Å². The highest BCUT2D eigenvalue weighted by Crippen LogP contribution is 2.16. The summed E-state index contributed by atoms with van der Waals surface area (Å²) < 4.78 is 0. The lowest BCUT2D eigenvalue weighted by molar-refractivity contribution is 0.0538. The number of amides is 3. The molecule has 0 spiro atoms. The third kappa shape index (κ3) is 4.01. The summed E-state index contributed by atoms with van der Waals surface area (Å²) >= 11 is 0. The molecule has 0 heterocycles. The van der Waals surface area contributed by atoms with Crippen molar-refractivity contribution in [3.05, 3.63) is 107 Å².